The van der Waals surface area contributed by atoms with Crippen LogP contribution < -0.4 is 0 Å². The van der Waals surface area contributed by atoms with Crippen LogP contribution >= 0.6 is 0 Å². The molecule has 1 aliphatic heterocycles. The van der Waals surface area contributed by atoms with Crippen molar-refractivity contribution in [2.45, 2.75) is 64.6 Å². The molecule has 3 unspecified atom stereocenters. The molecular weight excluding hydrogens is 296 g/mol. The molecule has 5 heteroatoms. The molecule has 2 bridgehead atoms. The summed E-state index contributed by atoms with van der Waals surface area (Å²) in [4.78, 5) is 38.0. The van der Waals surface area contributed by atoms with Gasteiger partial charge in [0.2, 0.25) is 0 Å². The number of aliphatic hydroxyl groups excluding tert-OH is 1. The fourth-order valence-corrected chi connectivity index (χ4v) is 4.44. The molecule has 3 atom stereocenters. The van der Waals surface area contributed by atoms with Crippen molar-refractivity contribution in [3.63, 3.8) is 0 Å². The van der Waals surface area contributed by atoms with E-state index in [4.69, 9.17) is 4.74 Å². The van der Waals surface area contributed by atoms with Gasteiger partial charge in [0.15, 0.2) is 23.0 Å². The topological polar surface area (TPSA) is 80.7 Å². The minimum Gasteiger partial charge on any atom is -0.508 e. The largest absolute Gasteiger partial charge is 0.508 e. The van der Waals surface area contributed by atoms with Crippen LogP contribution in [-0.4, -0.2) is 33.7 Å². The number of carbonyl (C=O) groups is 3. The Morgan fingerprint density at radius 3 is 2.57 bits per heavy atom. The Labute approximate surface area is 136 Å². The van der Waals surface area contributed by atoms with Crippen molar-refractivity contribution >= 4 is 17.3 Å². The molecule has 126 valence electrons. The van der Waals surface area contributed by atoms with Gasteiger partial charge < -0.3 is 9.84 Å². The zero-order valence-corrected chi connectivity index (χ0v) is 14.1. The standard InChI is InChI=1S/C18H24O5/c1-9(2)7-12(19)13-14(20)11-6-5-10-8-17(3,4)23-18(10,15(11)21)16(13)22/h9-11,22H,5-8H2,1-4H3. The van der Waals surface area contributed by atoms with E-state index in [0.717, 1.165) is 0 Å². The van der Waals surface area contributed by atoms with Crippen LogP contribution in [0.3, 0.4) is 0 Å². The molecule has 5 nitrogen and oxygen atoms in total. The van der Waals surface area contributed by atoms with Crippen molar-refractivity contribution < 1.29 is 24.2 Å². The van der Waals surface area contributed by atoms with E-state index in [9.17, 15) is 19.5 Å². The van der Waals surface area contributed by atoms with E-state index in [2.05, 4.69) is 0 Å². The fourth-order valence-electron chi connectivity index (χ4n) is 4.44. The number of ketones is 3. The number of aliphatic hydroxyl groups is 1. The van der Waals surface area contributed by atoms with Crippen LogP contribution in [0.2, 0.25) is 0 Å². The average molecular weight is 320 g/mol. The van der Waals surface area contributed by atoms with Crippen molar-refractivity contribution in [3.8, 4) is 0 Å². The average Bonchev–Trinajstić information content (AvgIpc) is 2.69. The normalized spacial score (nSPS) is 35.7. The molecule has 1 spiro atoms. The lowest BCUT2D eigenvalue weighted by Gasteiger charge is -2.43. The molecule has 3 aliphatic rings. The van der Waals surface area contributed by atoms with Crippen molar-refractivity contribution in [1.29, 1.82) is 0 Å². The first-order valence-electron chi connectivity index (χ1n) is 8.36. The first-order chi connectivity index (χ1) is 10.6. The van der Waals surface area contributed by atoms with Gasteiger partial charge in [0.25, 0.3) is 0 Å². The van der Waals surface area contributed by atoms with Gasteiger partial charge in [-0.3, -0.25) is 14.4 Å². The highest BCUT2D eigenvalue weighted by Gasteiger charge is 2.67. The summed E-state index contributed by atoms with van der Waals surface area (Å²) >= 11 is 0. The Morgan fingerprint density at radius 1 is 1.30 bits per heavy atom. The van der Waals surface area contributed by atoms with E-state index in [-0.39, 0.29) is 35.4 Å². The minimum atomic E-state index is -1.48. The number of hydrogen-bond donors (Lipinski definition) is 1. The zero-order chi connectivity index (χ0) is 17.2. The van der Waals surface area contributed by atoms with E-state index >= 15 is 0 Å². The lowest BCUT2D eigenvalue weighted by atomic mass is 9.61. The minimum absolute atomic E-state index is 0.0716. The van der Waals surface area contributed by atoms with E-state index < -0.39 is 28.7 Å². The molecule has 0 radical (unpaired) electrons. The van der Waals surface area contributed by atoms with Crippen molar-refractivity contribution in [2.75, 3.05) is 0 Å². The third-order valence-electron chi connectivity index (χ3n) is 5.26. The predicted octanol–water partition coefficient (Wildman–Crippen LogP) is 2.53. The number of Topliss-reactive ketones (excluding diaryl/α,β-unsaturated/α-hetero) is 3. The monoisotopic (exact) mass is 320 g/mol. The zero-order valence-electron chi connectivity index (χ0n) is 14.1. The highest BCUT2D eigenvalue weighted by atomic mass is 16.5. The summed E-state index contributed by atoms with van der Waals surface area (Å²) in [6, 6.07) is 0. The number of ether oxygens (including phenoxy) is 1. The molecule has 0 aromatic rings. The summed E-state index contributed by atoms with van der Waals surface area (Å²) < 4.78 is 6.01. The molecule has 1 saturated heterocycles. The van der Waals surface area contributed by atoms with Crippen molar-refractivity contribution in [2.24, 2.45) is 17.8 Å². The molecule has 3 rings (SSSR count). The van der Waals surface area contributed by atoms with Gasteiger partial charge in [-0.15, -0.1) is 0 Å². The van der Waals surface area contributed by atoms with Crippen LogP contribution in [-0.2, 0) is 19.1 Å². The number of hydrogen-bond acceptors (Lipinski definition) is 5. The maximum absolute atomic E-state index is 12.9. The number of rotatable bonds is 3. The van der Waals surface area contributed by atoms with E-state index in [1.54, 1.807) is 0 Å². The molecule has 1 N–H and O–H groups in total. The lowest BCUT2D eigenvalue weighted by molar-refractivity contribution is -0.166. The first-order valence-corrected chi connectivity index (χ1v) is 8.36. The third-order valence-corrected chi connectivity index (χ3v) is 5.26. The Morgan fingerprint density at radius 2 is 1.96 bits per heavy atom. The molecule has 2 aliphatic carbocycles. The lowest BCUT2D eigenvalue weighted by Crippen LogP contribution is -2.59. The van der Waals surface area contributed by atoms with Crippen LogP contribution in [0.5, 0.6) is 0 Å². The SMILES string of the molecule is CC(C)CC(=O)C1=C(O)C23OC(C)(C)CC2CCC(C1=O)C3=O. The number of fused-ring (bicyclic) bond motifs is 1. The summed E-state index contributed by atoms with van der Waals surface area (Å²) in [5.41, 5.74) is -2.23. The summed E-state index contributed by atoms with van der Waals surface area (Å²) in [6.07, 6.45) is 1.90. The Kier molecular flexibility index (Phi) is 3.56. The second-order valence-corrected chi connectivity index (χ2v) is 8.10. The maximum Gasteiger partial charge on any atom is 0.187 e. The smallest absolute Gasteiger partial charge is 0.187 e. The van der Waals surface area contributed by atoms with Crippen LogP contribution in [0.1, 0.15) is 53.4 Å². The predicted molar refractivity (Wildman–Crippen MR) is 82.9 cm³/mol. The Hall–Kier alpha value is -1.49. The summed E-state index contributed by atoms with van der Waals surface area (Å²) in [6.45, 7) is 7.51. The van der Waals surface area contributed by atoms with Gasteiger partial charge in [-0.05, 0) is 39.0 Å². The van der Waals surface area contributed by atoms with Crippen LogP contribution in [0.15, 0.2) is 11.3 Å². The van der Waals surface area contributed by atoms with Crippen molar-refractivity contribution in [3.05, 3.63) is 11.3 Å². The highest BCUT2D eigenvalue weighted by molar-refractivity contribution is 6.29. The molecule has 1 saturated carbocycles. The third kappa shape index (κ3) is 2.20. The molecular formula is C18H24O5. The van der Waals surface area contributed by atoms with E-state index in [1.807, 2.05) is 27.7 Å². The highest BCUT2D eigenvalue weighted by Crippen LogP contribution is 2.55. The van der Waals surface area contributed by atoms with Crippen LogP contribution in [0, 0.1) is 17.8 Å². The van der Waals surface area contributed by atoms with Gasteiger partial charge in [-0.1, -0.05) is 13.8 Å². The quantitative estimate of drug-likeness (QED) is 0.638. The van der Waals surface area contributed by atoms with Crippen molar-refractivity contribution in [1.82, 2.24) is 0 Å². The summed E-state index contributed by atoms with van der Waals surface area (Å²) in [5, 5.41) is 10.8. The Balaban J connectivity index is 2.15. The molecule has 0 aromatic carbocycles. The molecule has 0 aromatic heterocycles. The first kappa shape index (κ1) is 16.4. The van der Waals surface area contributed by atoms with E-state index in [0.29, 0.717) is 19.3 Å². The van der Waals surface area contributed by atoms with Gasteiger partial charge in [0, 0.05) is 12.3 Å². The van der Waals surface area contributed by atoms with Crippen LogP contribution in [0.25, 0.3) is 0 Å². The van der Waals surface area contributed by atoms with Gasteiger partial charge in [0.05, 0.1) is 11.5 Å². The number of carbonyl (C=O) groups excluding carboxylic acids is 3. The summed E-state index contributed by atoms with van der Waals surface area (Å²) in [7, 11) is 0. The Bertz CT molecular complexity index is 627. The molecule has 23 heavy (non-hydrogen) atoms. The molecule has 1 heterocycles. The summed E-state index contributed by atoms with van der Waals surface area (Å²) in [5.74, 6) is -2.63. The van der Waals surface area contributed by atoms with Gasteiger partial charge in [-0.2, -0.15) is 0 Å². The van der Waals surface area contributed by atoms with Crippen LogP contribution in [0.4, 0.5) is 0 Å². The molecule has 0 amide bonds. The fraction of sp³-hybridized carbons (Fsp3) is 0.722. The van der Waals surface area contributed by atoms with E-state index in [1.165, 1.54) is 0 Å². The maximum atomic E-state index is 12.9. The van der Waals surface area contributed by atoms with Gasteiger partial charge >= 0.3 is 0 Å². The van der Waals surface area contributed by atoms with Gasteiger partial charge in [-0.25, -0.2) is 0 Å². The number of allylic oxidation sites excluding steroid dienone is 1. The second-order valence-electron chi connectivity index (χ2n) is 8.10. The second kappa shape index (κ2) is 5.00. The van der Waals surface area contributed by atoms with Gasteiger partial charge in [0.1, 0.15) is 11.3 Å². The molecule has 2 fully saturated rings.